The van der Waals surface area contributed by atoms with E-state index in [1.54, 1.807) is 0 Å². The molecule has 21 heavy (non-hydrogen) atoms. The lowest BCUT2D eigenvalue weighted by molar-refractivity contribution is -0.139. The van der Waals surface area contributed by atoms with E-state index in [0.717, 1.165) is 10.0 Å². The highest BCUT2D eigenvalue weighted by atomic mass is 79.9. The number of aliphatic carboxylic acids is 1. The number of carboxylic acids is 1. The van der Waals surface area contributed by atoms with Gasteiger partial charge in [-0.2, -0.15) is 11.8 Å². The van der Waals surface area contributed by atoms with Crippen LogP contribution in [0.5, 0.6) is 11.5 Å². The van der Waals surface area contributed by atoms with E-state index in [0.29, 0.717) is 36.9 Å². The summed E-state index contributed by atoms with van der Waals surface area (Å²) >= 11 is 4.88. The van der Waals surface area contributed by atoms with E-state index < -0.39 is 12.0 Å². The molecule has 0 bridgehead atoms. The molecule has 0 aliphatic carbocycles. The molecular weight excluding hydrogens is 362 g/mol. The number of benzene rings is 1. The summed E-state index contributed by atoms with van der Waals surface area (Å²) in [6.45, 7) is 1.05. The van der Waals surface area contributed by atoms with E-state index in [1.807, 2.05) is 12.1 Å². The van der Waals surface area contributed by atoms with Crippen molar-refractivity contribution < 1.29 is 24.2 Å². The molecule has 1 aliphatic rings. The first kappa shape index (κ1) is 16.0. The third kappa shape index (κ3) is 4.28. The van der Waals surface area contributed by atoms with Crippen LogP contribution in [0.15, 0.2) is 16.6 Å². The van der Waals surface area contributed by atoms with Gasteiger partial charge in [-0.05, 0) is 17.7 Å². The molecule has 0 fully saturated rings. The summed E-state index contributed by atoms with van der Waals surface area (Å²) in [6.07, 6.45) is 0.402. The van der Waals surface area contributed by atoms with Gasteiger partial charge in [-0.25, -0.2) is 4.79 Å². The van der Waals surface area contributed by atoms with E-state index in [1.165, 1.54) is 11.8 Å². The molecule has 2 N–H and O–H groups in total. The van der Waals surface area contributed by atoms with Crippen molar-refractivity contribution in [3.8, 4) is 11.5 Å². The molecule has 0 spiro atoms. The summed E-state index contributed by atoms with van der Waals surface area (Å²) in [6, 6.07) is 2.85. The highest BCUT2D eigenvalue weighted by Crippen LogP contribution is 2.36. The van der Waals surface area contributed by atoms with Gasteiger partial charge in [0.2, 0.25) is 6.41 Å². The van der Waals surface area contributed by atoms with E-state index in [-0.39, 0.29) is 5.75 Å². The van der Waals surface area contributed by atoms with Crippen molar-refractivity contribution in [3.63, 3.8) is 0 Å². The SMILES string of the molecule is O=CNC(CSCc1cc2c(cc1Br)OCCO2)C(=O)O. The Bertz CT molecular complexity index is 540. The van der Waals surface area contributed by atoms with Gasteiger partial charge < -0.3 is 19.9 Å². The fourth-order valence-electron chi connectivity index (χ4n) is 1.78. The van der Waals surface area contributed by atoms with E-state index in [2.05, 4.69) is 21.2 Å². The normalized spacial score (nSPS) is 14.3. The summed E-state index contributed by atoms with van der Waals surface area (Å²) < 4.78 is 11.9. The minimum absolute atomic E-state index is 0.287. The second-order valence-electron chi connectivity index (χ2n) is 4.28. The Morgan fingerprint density at radius 3 is 2.71 bits per heavy atom. The van der Waals surface area contributed by atoms with Crippen LogP contribution >= 0.6 is 27.7 Å². The Morgan fingerprint density at radius 2 is 2.10 bits per heavy atom. The summed E-state index contributed by atoms with van der Waals surface area (Å²) in [4.78, 5) is 21.3. The molecule has 1 aliphatic heterocycles. The molecule has 0 saturated carbocycles. The zero-order chi connectivity index (χ0) is 15.2. The highest BCUT2D eigenvalue weighted by Gasteiger charge is 2.18. The second kappa shape index (κ2) is 7.56. The Hall–Kier alpha value is -1.41. The number of hydrogen-bond acceptors (Lipinski definition) is 5. The first-order chi connectivity index (χ1) is 10.1. The first-order valence-corrected chi connectivity index (χ1v) is 8.15. The molecule has 0 radical (unpaired) electrons. The molecular formula is C13H14BrNO5S. The number of halogens is 1. The van der Waals surface area contributed by atoms with Crippen LogP contribution in [-0.4, -0.2) is 42.5 Å². The summed E-state index contributed by atoms with van der Waals surface area (Å²) in [5.41, 5.74) is 0.986. The standard InChI is InChI=1S/C13H14BrNO5S/c14-9-4-12-11(19-1-2-20-12)3-8(9)5-21-6-10(13(17)18)15-7-16/h3-4,7,10H,1-2,5-6H2,(H,15,16)(H,17,18). The molecule has 1 aromatic carbocycles. The van der Waals surface area contributed by atoms with Crippen LogP contribution in [0.4, 0.5) is 0 Å². The molecule has 8 heteroatoms. The molecule has 1 heterocycles. The van der Waals surface area contributed by atoms with Crippen LogP contribution in [0, 0.1) is 0 Å². The smallest absolute Gasteiger partial charge is 0.327 e. The first-order valence-electron chi connectivity index (χ1n) is 6.20. The Balaban J connectivity index is 1.96. The molecule has 0 saturated heterocycles. The fraction of sp³-hybridized carbons (Fsp3) is 0.385. The lowest BCUT2D eigenvalue weighted by atomic mass is 10.2. The number of fused-ring (bicyclic) bond motifs is 1. The molecule has 1 aromatic rings. The molecule has 2 rings (SSSR count). The van der Waals surface area contributed by atoms with Crippen LogP contribution in [0.2, 0.25) is 0 Å². The van der Waals surface area contributed by atoms with Gasteiger partial charge in [0.05, 0.1) is 0 Å². The predicted octanol–water partition coefficient (Wildman–Crippen LogP) is 1.65. The Morgan fingerprint density at radius 1 is 1.43 bits per heavy atom. The molecule has 1 unspecified atom stereocenters. The van der Waals surface area contributed by atoms with Crippen LogP contribution in [0.3, 0.4) is 0 Å². The third-order valence-corrected chi connectivity index (χ3v) is 4.64. The maximum Gasteiger partial charge on any atom is 0.327 e. The number of carboxylic acid groups (broad SMARTS) is 1. The van der Waals surface area contributed by atoms with Crippen molar-refractivity contribution >= 4 is 40.1 Å². The van der Waals surface area contributed by atoms with Gasteiger partial charge in [0.15, 0.2) is 11.5 Å². The molecule has 0 aromatic heterocycles. The number of ether oxygens (including phenoxy) is 2. The van der Waals surface area contributed by atoms with Crippen molar-refractivity contribution in [2.45, 2.75) is 11.8 Å². The van der Waals surface area contributed by atoms with Crippen molar-refractivity contribution in [1.82, 2.24) is 5.32 Å². The van der Waals surface area contributed by atoms with Gasteiger partial charge in [-0.15, -0.1) is 0 Å². The predicted molar refractivity (Wildman–Crippen MR) is 81.9 cm³/mol. The molecule has 6 nitrogen and oxygen atoms in total. The van der Waals surface area contributed by atoms with Crippen molar-refractivity contribution in [2.24, 2.45) is 0 Å². The van der Waals surface area contributed by atoms with Crippen LogP contribution in [0.1, 0.15) is 5.56 Å². The molecule has 1 amide bonds. The number of thioether (sulfide) groups is 1. The number of hydrogen-bond donors (Lipinski definition) is 2. The minimum atomic E-state index is -1.05. The minimum Gasteiger partial charge on any atom is -0.486 e. The number of nitrogens with one attached hydrogen (secondary N) is 1. The van der Waals surface area contributed by atoms with Crippen LogP contribution in [0.25, 0.3) is 0 Å². The second-order valence-corrected chi connectivity index (χ2v) is 6.16. The summed E-state index contributed by atoms with van der Waals surface area (Å²) in [5, 5.41) is 11.2. The Labute approximate surface area is 134 Å². The number of carbonyl (C=O) groups excluding carboxylic acids is 1. The zero-order valence-corrected chi connectivity index (χ0v) is 13.4. The van der Waals surface area contributed by atoms with Gasteiger partial charge in [-0.3, -0.25) is 4.79 Å². The topological polar surface area (TPSA) is 84.9 Å². The van der Waals surface area contributed by atoms with Gasteiger partial charge in [-0.1, -0.05) is 15.9 Å². The van der Waals surface area contributed by atoms with Crippen molar-refractivity contribution in [2.75, 3.05) is 19.0 Å². The van der Waals surface area contributed by atoms with E-state index >= 15 is 0 Å². The Kier molecular flexibility index (Phi) is 5.75. The number of rotatable bonds is 7. The van der Waals surface area contributed by atoms with Gasteiger partial charge in [0, 0.05) is 16.0 Å². The fourth-order valence-corrected chi connectivity index (χ4v) is 3.48. The van der Waals surface area contributed by atoms with Gasteiger partial charge in [0.1, 0.15) is 19.3 Å². The van der Waals surface area contributed by atoms with Crippen LogP contribution < -0.4 is 14.8 Å². The van der Waals surface area contributed by atoms with Gasteiger partial charge in [0.25, 0.3) is 0 Å². The summed E-state index contributed by atoms with van der Waals surface area (Å²) in [7, 11) is 0. The average molecular weight is 376 g/mol. The zero-order valence-electron chi connectivity index (χ0n) is 11.0. The van der Waals surface area contributed by atoms with Crippen LogP contribution in [-0.2, 0) is 15.3 Å². The number of carbonyl (C=O) groups is 2. The van der Waals surface area contributed by atoms with Gasteiger partial charge >= 0.3 is 5.97 Å². The average Bonchev–Trinajstić information content (AvgIpc) is 2.46. The maximum absolute atomic E-state index is 10.9. The van der Waals surface area contributed by atoms with E-state index in [9.17, 15) is 9.59 Å². The molecule has 1 atom stereocenters. The van der Waals surface area contributed by atoms with Crippen molar-refractivity contribution in [3.05, 3.63) is 22.2 Å². The lowest BCUT2D eigenvalue weighted by Gasteiger charge is -2.20. The largest absolute Gasteiger partial charge is 0.486 e. The van der Waals surface area contributed by atoms with E-state index in [4.69, 9.17) is 14.6 Å². The highest BCUT2D eigenvalue weighted by molar-refractivity contribution is 9.10. The van der Waals surface area contributed by atoms with Crippen molar-refractivity contribution in [1.29, 1.82) is 0 Å². The quantitative estimate of drug-likeness (QED) is 0.704. The maximum atomic E-state index is 10.9. The monoisotopic (exact) mass is 375 g/mol. The molecule has 114 valence electrons. The lowest BCUT2D eigenvalue weighted by Crippen LogP contribution is -2.37. The summed E-state index contributed by atoms with van der Waals surface area (Å²) in [5.74, 6) is 1.24. The third-order valence-electron chi connectivity index (χ3n) is 2.82. The number of amides is 1.